The standard InChI is InChI=1S/C8H8N2O4.Rb/c1-14-8(11)5-2-3-6(9)7(4-5)10(12)13;/h2-4H,1H3,(H2,9,11);/q;+1/p-1. The van der Waals surface area contributed by atoms with Crippen LogP contribution >= 0.6 is 0 Å². The second kappa shape index (κ2) is 6.32. The van der Waals surface area contributed by atoms with E-state index in [-0.39, 0.29) is 69.4 Å². The molecule has 0 aromatic heterocycles. The predicted octanol–water partition coefficient (Wildman–Crippen LogP) is -0.931. The van der Waals surface area contributed by atoms with Gasteiger partial charge in [0.2, 0.25) is 0 Å². The van der Waals surface area contributed by atoms with E-state index in [1.54, 1.807) is 0 Å². The van der Waals surface area contributed by atoms with E-state index >= 15 is 0 Å². The van der Waals surface area contributed by atoms with Gasteiger partial charge in [0, 0.05) is 6.07 Å². The van der Waals surface area contributed by atoms with Crippen LogP contribution in [0.15, 0.2) is 18.2 Å². The van der Waals surface area contributed by atoms with Crippen molar-refractivity contribution in [2.24, 2.45) is 0 Å². The topological polar surface area (TPSA) is 93.2 Å². The zero-order valence-electron chi connectivity index (χ0n) is 8.31. The number of nitrogens with one attached hydrogen (secondary N) is 1. The minimum atomic E-state index is -0.714. The third-order valence-electron chi connectivity index (χ3n) is 1.62. The molecule has 6 nitrogen and oxygen atoms in total. The summed E-state index contributed by atoms with van der Waals surface area (Å²) in [5.74, 6) is -0.659. The van der Waals surface area contributed by atoms with Crippen molar-refractivity contribution in [1.29, 1.82) is 0 Å². The third kappa shape index (κ3) is 3.64. The molecule has 0 aliphatic heterocycles. The molecule has 0 radical (unpaired) electrons. The number of rotatable bonds is 2. The Bertz CT molecular complexity index is 394. The molecule has 1 aromatic rings. The number of hydrogen-bond donors (Lipinski definition) is 0. The Morgan fingerprint density at radius 3 is 2.60 bits per heavy atom. The van der Waals surface area contributed by atoms with E-state index in [2.05, 4.69) is 4.74 Å². The average Bonchev–Trinajstić information content (AvgIpc) is 2.17. The van der Waals surface area contributed by atoms with Crippen molar-refractivity contribution < 1.29 is 72.6 Å². The van der Waals surface area contributed by atoms with E-state index in [4.69, 9.17) is 5.73 Å². The van der Waals surface area contributed by atoms with Crippen molar-refractivity contribution >= 4 is 17.3 Å². The van der Waals surface area contributed by atoms with E-state index in [1.807, 2.05) is 0 Å². The maximum atomic E-state index is 11.0. The Morgan fingerprint density at radius 1 is 1.53 bits per heavy atom. The van der Waals surface area contributed by atoms with Crippen LogP contribution in [0.1, 0.15) is 10.4 Å². The van der Waals surface area contributed by atoms with Crippen LogP contribution in [0.2, 0.25) is 0 Å². The SMILES string of the molecule is COC(=O)c1ccc([NH-])c([N+](=O)[O-])c1.[Rb+]. The Balaban J connectivity index is 0.00000196. The molecule has 1 aromatic carbocycles. The van der Waals surface area contributed by atoms with Gasteiger partial charge in [0.05, 0.1) is 17.6 Å². The first-order valence-electron chi connectivity index (χ1n) is 3.64. The number of nitro groups is 1. The molecule has 1 N–H and O–H groups in total. The normalized spacial score (nSPS) is 8.87. The van der Waals surface area contributed by atoms with Gasteiger partial charge in [0.1, 0.15) is 0 Å². The van der Waals surface area contributed by atoms with Crippen LogP contribution in [0.4, 0.5) is 11.4 Å². The first-order chi connectivity index (χ1) is 6.56. The van der Waals surface area contributed by atoms with Crippen LogP contribution in [-0.2, 0) is 4.74 Å². The van der Waals surface area contributed by atoms with E-state index in [1.165, 1.54) is 19.2 Å². The quantitative estimate of drug-likeness (QED) is 0.397. The molecule has 0 fully saturated rings. The van der Waals surface area contributed by atoms with Crippen molar-refractivity contribution in [3.05, 3.63) is 39.6 Å². The van der Waals surface area contributed by atoms with Crippen molar-refractivity contribution in [2.45, 2.75) is 0 Å². The van der Waals surface area contributed by atoms with Gasteiger partial charge in [0.25, 0.3) is 5.69 Å². The summed E-state index contributed by atoms with van der Waals surface area (Å²) in [5.41, 5.74) is 6.62. The fraction of sp³-hybridized carbons (Fsp3) is 0.125. The van der Waals surface area contributed by atoms with Gasteiger partial charge in [0.15, 0.2) is 0 Å². The number of nitro benzene ring substituents is 1. The zero-order chi connectivity index (χ0) is 10.7. The summed E-state index contributed by atoms with van der Waals surface area (Å²) in [5, 5.41) is 10.4. The maximum absolute atomic E-state index is 11.0. The van der Waals surface area contributed by atoms with Gasteiger partial charge in [-0.1, -0.05) is 11.8 Å². The van der Waals surface area contributed by atoms with E-state index < -0.39 is 16.6 Å². The van der Waals surface area contributed by atoms with Gasteiger partial charge >= 0.3 is 64.2 Å². The molecule has 0 atom stereocenters. The number of ether oxygens (including phenoxy) is 1. The summed E-state index contributed by atoms with van der Waals surface area (Å²) in [6, 6.07) is 3.51. The number of methoxy groups -OCH3 is 1. The maximum Gasteiger partial charge on any atom is 1.00 e. The molecule has 1 rings (SSSR count). The molecular formula is C8H7N2O4Rb. The van der Waals surface area contributed by atoms with Crippen molar-refractivity contribution in [2.75, 3.05) is 7.11 Å². The van der Waals surface area contributed by atoms with E-state index in [0.29, 0.717) is 0 Å². The van der Waals surface area contributed by atoms with Gasteiger partial charge < -0.3 is 10.5 Å². The number of hydrogen-bond acceptors (Lipinski definition) is 4. The monoisotopic (exact) mass is 280 g/mol. The van der Waals surface area contributed by atoms with Gasteiger partial charge in [-0.05, 0) is 6.07 Å². The van der Waals surface area contributed by atoms with E-state index in [0.717, 1.165) is 6.07 Å². The molecule has 15 heavy (non-hydrogen) atoms. The van der Waals surface area contributed by atoms with Crippen molar-refractivity contribution in [3.63, 3.8) is 0 Å². The second-order valence-electron chi connectivity index (χ2n) is 2.48. The van der Waals surface area contributed by atoms with Crippen LogP contribution in [0.5, 0.6) is 0 Å². The molecule has 0 aliphatic rings. The summed E-state index contributed by atoms with van der Waals surface area (Å²) in [6.45, 7) is 0. The summed E-state index contributed by atoms with van der Waals surface area (Å²) in [4.78, 5) is 20.7. The minimum absolute atomic E-state index is 0. The van der Waals surface area contributed by atoms with E-state index in [9.17, 15) is 14.9 Å². The number of nitrogens with zero attached hydrogens (tertiary/aromatic N) is 1. The van der Waals surface area contributed by atoms with Crippen LogP contribution < -0.4 is 58.2 Å². The number of esters is 1. The molecular weight excluding hydrogens is 274 g/mol. The molecule has 0 heterocycles. The van der Waals surface area contributed by atoms with Crippen LogP contribution in [-0.4, -0.2) is 18.0 Å². The van der Waals surface area contributed by atoms with Crippen LogP contribution in [0.25, 0.3) is 5.73 Å². The summed E-state index contributed by atoms with van der Waals surface area (Å²) >= 11 is 0. The fourth-order valence-corrected chi connectivity index (χ4v) is 0.928. The molecule has 0 spiro atoms. The van der Waals surface area contributed by atoms with Crippen LogP contribution in [0.3, 0.4) is 0 Å². The molecule has 0 saturated heterocycles. The molecule has 0 amide bonds. The largest absolute Gasteiger partial charge is 1.00 e. The predicted molar refractivity (Wildman–Crippen MR) is 48.4 cm³/mol. The van der Waals surface area contributed by atoms with Gasteiger partial charge in [-0.3, -0.25) is 10.1 Å². The Kier molecular flexibility index (Phi) is 6.19. The molecule has 0 saturated carbocycles. The van der Waals surface area contributed by atoms with Gasteiger partial charge in [-0.25, -0.2) is 4.79 Å². The number of carbonyl (C=O) groups excluding carboxylic acids is 1. The molecule has 0 unspecified atom stereocenters. The van der Waals surface area contributed by atoms with Crippen molar-refractivity contribution in [3.8, 4) is 0 Å². The van der Waals surface area contributed by atoms with Gasteiger partial charge in [-0.15, -0.1) is 0 Å². The Morgan fingerprint density at radius 2 is 2.13 bits per heavy atom. The zero-order valence-corrected chi connectivity index (χ0v) is 13.2. The Hall–Kier alpha value is -0.305. The van der Waals surface area contributed by atoms with Crippen LogP contribution in [0, 0.1) is 10.1 Å². The fourth-order valence-electron chi connectivity index (χ4n) is 0.928. The average molecular weight is 281 g/mol. The smallest absolute Gasteiger partial charge is 0.693 e. The summed E-state index contributed by atoms with van der Waals surface area (Å²) in [6.07, 6.45) is 0. The molecule has 0 aliphatic carbocycles. The summed E-state index contributed by atoms with van der Waals surface area (Å²) < 4.78 is 4.39. The molecule has 74 valence electrons. The first-order valence-corrected chi connectivity index (χ1v) is 3.64. The van der Waals surface area contributed by atoms with Crippen molar-refractivity contribution in [1.82, 2.24) is 0 Å². The first kappa shape index (κ1) is 14.7. The van der Waals surface area contributed by atoms with Gasteiger partial charge in [-0.2, -0.15) is 0 Å². The second-order valence-corrected chi connectivity index (χ2v) is 2.48. The minimum Gasteiger partial charge on any atom is -0.693 e. The molecule has 0 bridgehead atoms. The molecule has 7 heteroatoms. The number of benzene rings is 1. The Labute approximate surface area is 135 Å². The third-order valence-corrected chi connectivity index (χ3v) is 1.62. The number of carbonyl (C=O) groups is 1. The summed E-state index contributed by atoms with van der Waals surface area (Å²) in [7, 11) is 1.18.